The Balaban J connectivity index is 2.82. The average molecular weight is 265 g/mol. The number of aryl methyl sites for hydroxylation is 1. The van der Waals surface area contributed by atoms with Gasteiger partial charge in [0.05, 0.1) is 12.2 Å². The van der Waals surface area contributed by atoms with Gasteiger partial charge in [0.25, 0.3) is 0 Å². The number of aromatic nitrogens is 2. The second-order valence-electron chi connectivity index (χ2n) is 5.23. The van der Waals surface area contributed by atoms with Crippen molar-refractivity contribution in [1.29, 1.82) is 0 Å². The maximum absolute atomic E-state index is 5.82. The van der Waals surface area contributed by atoms with Crippen LogP contribution in [0.2, 0.25) is 0 Å². The van der Waals surface area contributed by atoms with Gasteiger partial charge in [-0.3, -0.25) is 0 Å². The minimum Gasteiger partial charge on any atom is -0.477 e. The smallest absolute Gasteiger partial charge is 0.221 e. The fourth-order valence-corrected chi connectivity index (χ4v) is 1.65. The highest BCUT2D eigenvalue weighted by Crippen LogP contribution is 2.22. The molecule has 0 aromatic carbocycles. The molecule has 0 saturated heterocycles. The number of anilines is 1. The van der Waals surface area contributed by atoms with Crippen LogP contribution in [0.25, 0.3) is 0 Å². The Morgan fingerprint density at radius 2 is 1.95 bits per heavy atom. The second-order valence-corrected chi connectivity index (χ2v) is 5.23. The largest absolute Gasteiger partial charge is 0.477 e. The van der Waals surface area contributed by atoms with Crippen LogP contribution < -0.4 is 10.1 Å². The minimum absolute atomic E-state index is 0.644. The monoisotopic (exact) mass is 265 g/mol. The quantitative estimate of drug-likeness (QED) is 0.780. The maximum atomic E-state index is 5.82. The zero-order chi connectivity index (χ0) is 14.3. The van der Waals surface area contributed by atoms with E-state index in [2.05, 4.69) is 43.0 Å². The first-order valence-electron chi connectivity index (χ1n) is 7.32. The molecule has 19 heavy (non-hydrogen) atoms. The van der Waals surface area contributed by atoms with Crippen molar-refractivity contribution in [2.75, 3.05) is 18.5 Å². The first kappa shape index (κ1) is 15.7. The molecule has 0 amide bonds. The SMILES string of the molecule is CCCNc1nc(CC)nc(OCCC(C)C)c1C. The summed E-state index contributed by atoms with van der Waals surface area (Å²) in [7, 11) is 0. The lowest BCUT2D eigenvalue weighted by molar-refractivity contribution is 0.276. The van der Waals surface area contributed by atoms with Crippen LogP contribution >= 0.6 is 0 Å². The number of rotatable bonds is 8. The Bertz CT molecular complexity index is 391. The molecule has 0 aliphatic heterocycles. The zero-order valence-electron chi connectivity index (χ0n) is 12.9. The molecule has 1 N–H and O–H groups in total. The lowest BCUT2D eigenvalue weighted by Gasteiger charge is -2.14. The number of hydrogen-bond acceptors (Lipinski definition) is 4. The molecule has 1 heterocycles. The van der Waals surface area contributed by atoms with Gasteiger partial charge in [-0.1, -0.05) is 27.7 Å². The Labute approximate surface area is 117 Å². The first-order chi connectivity index (χ1) is 9.08. The molecular formula is C15H27N3O. The summed E-state index contributed by atoms with van der Waals surface area (Å²) in [6.45, 7) is 12.3. The van der Waals surface area contributed by atoms with E-state index in [1.54, 1.807) is 0 Å². The summed E-state index contributed by atoms with van der Waals surface area (Å²) in [6.07, 6.45) is 2.94. The molecule has 0 spiro atoms. The average Bonchev–Trinajstić information content (AvgIpc) is 2.38. The van der Waals surface area contributed by atoms with Gasteiger partial charge in [0.15, 0.2) is 0 Å². The molecule has 0 bridgehead atoms. The van der Waals surface area contributed by atoms with Crippen LogP contribution in [-0.4, -0.2) is 23.1 Å². The van der Waals surface area contributed by atoms with Crippen LogP contribution in [0.15, 0.2) is 0 Å². The second kappa shape index (κ2) is 7.97. The van der Waals surface area contributed by atoms with Gasteiger partial charge in [-0.25, -0.2) is 4.98 Å². The molecule has 0 aliphatic carbocycles. The van der Waals surface area contributed by atoms with Crippen LogP contribution in [0.5, 0.6) is 5.88 Å². The lowest BCUT2D eigenvalue weighted by atomic mass is 10.1. The summed E-state index contributed by atoms with van der Waals surface area (Å²) in [4.78, 5) is 9.01. The molecule has 108 valence electrons. The third-order valence-corrected chi connectivity index (χ3v) is 2.94. The molecular weight excluding hydrogens is 238 g/mol. The standard InChI is InChI=1S/C15H27N3O/c1-6-9-16-14-12(5)15(18-13(7-2)17-14)19-10-8-11(3)4/h11H,6-10H2,1-5H3,(H,16,17,18). The van der Waals surface area contributed by atoms with Crippen molar-refractivity contribution in [2.45, 2.75) is 53.9 Å². The van der Waals surface area contributed by atoms with Crippen LogP contribution in [0, 0.1) is 12.8 Å². The molecule has 4 heteroatoms. The zero-order valence-corrected chi connectivity index (χ0v) is 12.9. The normalized spacial score (nSPS) is 10.8. The molecule has 0 aliphatic rings. The highest BCUT2D eigenvalue weighted by atomic mass is 16.5. The summed E-state index contributed by atoms with van der Waals surface area (Å²) >= 11 is 0. The predicted octanol–water partition coefficient (Wildman–Crippen LogP) is 3.59. The summed E-state index contributed by atoms with van der Waals surface area (Å²) < 4.78 is 5.82. The summed E-state index contributed by atoms with van der Waals surface area (Å²) in [6, 6.07) is 0. The highest BCUT2D eigenvalue weighted by Gasteiger charge is 2.11. The minimum atomic E-state index is 0.644. The fourth-order valence-electron chi connectivity index (χ4n) is 1.65. The van der Waals surface area contributed by atoms with Gasteiger partial charge < -0.3 is 10.1 Å². The Kier molecular flexibility index (Phi) is 6.60. The van der Waals surface area contributed by atoms with Crippen LogP contribution in [-0.2, 0) is 6.42 Å². The van der Waals surface area contributed by atoms with Gasteiger partial charge in [-0.15, -0.1) is 0 Å². The van der Waals surface area contributed by atoms with E-state index in [0.29, 0.717) is 12.5 Å². The van der Waals surface area contributed by atoms with Gasteiger partial charge in [-0.05, 0) is 25.7 Å². The van der Waals surface area contributed by atoms with E-state index in [1.807, 2.05) is 6.92 Å². The van der Waals surface area contributed by atoms with Crippen LogP contribution in [0.3, 0.4) is 0 Å². The Morgan fingerprint density at radius 3 is 2.53 bits per heavy atom. The Hall–Kier alpha value is -1.32. The first-order valence-corrected chi connectivity index (χ1v) is 7.32. The fraction of sp³-hybridized carbons (Fsp3) is 0.733. The molecule has 0 saturated carbocycles. The van der Waals surface area contributed by atoms with Gasteiger partial charge in [0.2, 0.25) is 5.88 Å². The van der Waals surface area contributed by atoms with E-state index >= 15 is 0 Å². The van der Waals surface area contributed by atoms with Gasteiger partial charge >= 0.3 is 0 Å². The number of hydrogen-bond donors (Lipinski definition) is 1. The van der Waals surface area contributed by atoms with Crippen LogP contribution in [0.1, 0.15) is 51.9 Å². The van der Waals surface area contributed by atoms with E-state index in [9.17, 15) is 0 Å². The molecule has 1 rings (SSSR count). The molecule has 4 nitrogen and oxygen atoms in total. The van der Waals surface area contributed by atoms with Crippen LogP contribution in [0.4, 0.5) is 5.82 Å². The molecule has 0 atom stereocenters. The number of nitrogens with zero attached hydrogens (tertiary/aromatic N) is 2. The van der Waals surface area contributed by atoms with Gasteiger partial charge in [-0.2, -0.15) is 4.98 Å². The molecule has 0 radical (unpaired) electrons. The molecule has 0 fully saturated rings. The van der Waals surface area contributed by atoms with Crippen molar-refractivity contribution >= 4 is 5.82 Å². The number of nitrogens with one attached hydrogen (secondary N) is 1. The van der Waals surface area contributed by atoms with Gasteiger partial charge in [0, 0.05) is 13.0 Å². The highest BCUT2D eigenvalue weighted by molar-refractivity contribution is 5.48. The third kappa shape index (κ3) is 5.05. The third-order valence-electron chi connectivity index (χ3n) is 2.94. The molecule has 1 aromatic heterocycles. The van der Waals surface area contributed by atoms with E-state index < -0.39 is 0 Å². The van der Waals surface area contributed by atoms with Crippen molar-refractivity contribution in [1.82, 2.24) is 9.97 Å². The van der Waals surface area contributed by atoms with Crippen molar-refractivity contribution in [3.63, 3.8) is 0 Å². The summed E-state index contributed by atoms with van der Waals surface area (Å²) in [5.74, 6) is 3.12. The van der Waals surface area contributed by atoms with Crippen molar-refractivity contribution < 1.29 is 4.74 Å². The summed E-state index contributed by atoms with van der Waals surface area (Å²) in [5.41, 5.74) is 1.01. The predicted molar refractivity (Wildman–Crippen MR) is 79.9 cm³/mol. The van der Waals surface area contributed by atoms with Gasteiger partial charge in [0.1, 0.15) is 11.6 Å². The maximum Gasteiger partial charge on any atom is 0.221 e. The van der Waals surface area contributed by atoms with Crippen molar-refractivity contribution in [3.8, 4) is 5.88 Å². The van der Waals surface area contributed by atoms with Crippen molar-refractivity contribution in [3.05, 3.63) is 11.4 Å². The van der Waals surface area contributed by atoms with E-state index in [1.165, 1.54) is 0 Å². The lowest BCUT2D eigenvalue weighted by Crippen LogP contribution is -2.11. The van der Waals surface area contributed by atoms with E-state index in [0.717, 1.165) is 48.9 Å². The molecule has 1 aromatic rings. The molecule has 0 unspecified atom stereocenters. The van der Waals surface area contributed by atoms with E-state index in [-0.39, 0.29) is 0 Å². The van der Waals surface area contributed by atoms with E-state index in [4.69, 9.17) is 4.74 Å². The Morgan fingerprint density at radius 1 is 1.21 bits per heavy atom. The van der Waals surface area contributed by atoms with Crippen molar-refractivity contribution in [2.24, 2.45) is 5.92 Å². The summed E-state index contributed by atoms with van der Waals surface area (Å²) in [5, 5.41) is 3.35. The number of ether oxygens (including phenoxy) is 1. The topological polar surface area (TPSA) is 47.0 Å².